The Morgan fingerprint density at radius 3 is 2.17 bits per heavy atom. The quantitative estimate of drug-likeness (QED) is 0.491. The van der Waals surface area contributed by atoms with E-state index in [1.54, 1.807) is 0 Å². The van der Waals surface area contributed by atoms with E-state index in [9.17, 15) is 0 Å². The van der Waals surface area contributed by atoms with Crippen LogP contribution in [0.15, 0.2) is 0 Å². The summed E-state index contributed by atoms with van der Waals surface area (Å²) in [4.78, 5) is 0. The molecule has 0 fully saturated rings. The molecule has 0 rings (SSSR count). The predicted molar refractivity (Wildman–Crippen MR) is 23.4 cm³/mol. The molecule has 38 valence electrons. The van der Waals surface area contributed by atoms with Crippen molar-refractivity contribution in [2.24, 2.45) is 0 Å². The van der Waals surface area contributed by atoms with E-state index in [0.29, 0.717) is 6.42 Å². The first-order valence-corrected chi connectivity index (χ1v) is 2.10. The lowest BCUT2D eigenvalue weighted by Crippen LogP contribution is -2.08. The molecule has 0 aromatic carbocycles. The molecular weight excluding hydrogens is 80.0 g/mol. The van der Waals surface area contributed by atoms with Crippen molar-refractivity contribution in [3.05, 3.63) is 0 Å². The highest BCUT2D eigenvalue weighted by molar-refractivity contribution is 4.43. The van der Waals surface area contributed by atoms with Gasteiger partial charge in [-0.25, -0.2) is 0 Å². The first kappa shape index (κ1) is 5.92. The minimum atomic E-state index is -0.509. The van der Waals surface area contributed by atoms with Gasteiger partial charge in [-0.1, -0.05) is 6.92 Å². The second kappa shape index (κ2) is 3.12. The van der Waals surface area contributed by atoms with Crippen LogP contribution in [0, 0.1) is 0 Å². The van der Waals surface area contributed by atoms with Crippen molar-refractivity contribution < 1.29 is 10.2 Å². The van der Waals surface area contributed by atoms with Crippen LogP contribution in [0.5, 0.6) is 0 Å². The normalized spacial score (nSPS) is 14.5. The Bertz CT molecular complexity index is 24.7. The van der Waals surface area contributed by atoms with Gasteiger partial charge in [0.1, 0.15) is 0 Å². The van der Waals surface area contributed by atoms with E-state index in [2.05, 4.69) is 0 Å². The van der Waals surface area contributed by atoms with Crippen LogP contribution in [-0.2, 0) is 0 Å². The molecule has 0 saturated carbocycles. The van der Waals surface area contributed by atoms with E-state index in [1.165, 1.54) is 0 Å². The molecule has 0 aliphatic carbocycles. The number of rotatable bonds is 2. The Morgan fingerprint density at radius 2 is 2.17 bits per heavy atom. The number of aliphatic hydroxyl groups is 2. The largest absolute Gasteiger partial charge is 0.394 e. The average molecular weight is 90.1 g/mol. The monoisotopic (exact) mass is 90.1 g/mol. The maximum absolute atomic E-state index is 8.42. The van der Waals surface area contributed by atoms with Gasteiger partial charge in [0, 0.05) is 0 Å². The predicted octanol–water partition coefficient (Wildman–Crippen LogP) is -0.250. The van der Waals surface area contributed by atoms with Gasteiger partial charge in [-0.3, -0.25) is 0 Å². The van der Waals surface area contributed by atoms with Gasteiger partial charge < -0.3 is 10.2 Å². The molecule has 0 aliphatic heterocycles. The third kappa shape index (κ3) is 2.18. The van der Waals surface area contributed by atoms with Crippen LogP contribution in [0.3, 0.4) is 0 Å². The van der Waals surface area contributed by atoms with Gasteiger partial charge >= 0.3 is 0 Å². The van der Waals surface area contributed by atoms with Crippen LogP contribution in [0.1, 0.15) is 13.3 Å². The van der Waals surface area contributed by atoms with Gasteiger partial charge in [0.15, 0.2) is 0 Å². The van der Waals surface area contributed by atoms with E-state index < -0.39 is 6.10 Å². The Labute approximate surface area is 37.4 Å². The van der Waals surface area contributed by atoms with Crippen molar-refractivity contribution in [1.82, 2.24) is 0 Å². The number of hydrogen-bond donors (Lipinski definition) is 2. The molecule has 0 unspecified atom stereocenters. The van der Waals surface area contributed by atoms with E-state index in [-0.39, 0.29) is 6.61 Å². The highest BCUT2D eigenvalue weighted by atomic mass is 16.3. The van der Waals surface area contributed by atoms with Crippen LogP contribution in [0.4, 0.5) is 0 Å². The van der Waals surface area contributed by atoms with Gasteiger partial charge in [0.05, 0.1) is 12.7 Å². The second-order valence-electron chi connectivity index (χ2n) is 1.24. The van der Waals surface area contributed by atoms with Gasteiger partial charge in [-0.2, -0.15) is 0 Å². The zero-order chi connectivity index (χ0) is 4.99. The smallest absolute Gasteiger partial charge is 0.0768 e. The Balaban J connectivity index is 2.75. The summed E-state index contributed by atoms with van der Waals surface area (Å²) in [7, 11) is 0. The molecule has 0 bridgehead atoms. The number of hydrogen-bond acceptors (Lipinski definition) is 2. The second-order valence-corrected chi connectivity index (χ2v) is 1.24. The van der Waals surface area contributed by atoms with Crippen LogP contribution < -0.4 is 0 Å². The molecule has 2 nitrogen and oxygen atoms in total. The average Bonchev–Trinajstić information content (AvgIpc) is 1.65. The van der Waals surface area contributed by atoms with E-state index in [0.717, 1.165) is 0 Å². The van der Waals surface area contributed by atoms with Crippen molar-refractivity contribution in [2.45, 2.75) is 19.4 Å². The van der Waals surface area contributed by atoms with Crippen LogP contribution in [-0.4, -0.2) is 22.9 Å². The molecule has 2 heteroatoms. The third-order valence-corrected chi connectivity index (χ3v) is 0.682. The summed E-state index contributed by atoms with van der Waals surface area (Å²) in [5, 5.41) is 16.5. The van der Waals surface area contributed by atoms with Crippen LogP contribution in [0.2, 0.25) is 0 Å². The minimum Gasteiger partial charge on any atom is -0.394 e. The molecule has 0 aromatic heterocycles. The summed E-state index contributed by atoms with van der Waals surface area (Å²) >= 11 is 0. The van der Waals surface area contributed by atoms with Gasteiger partial charge in [-0.15, -0.1) is 0 Å². The minimum absolute atomic E-state index is 0.115. The fourth-order valence-corrected chi connectivity index (χ4v) is 0.129. The fraction of sp³-hybridized carbons (Fsp3) is 1.00. The summed E-state index contributed by atoms with van der Waals surface area (Å²) in [5.74, 6) is 0. The maximum atomic E-state index is 8.42. The Morgan fingerprint density at radius 1 is 1.67 bits per heavy atom. The Hall–Kier alpha value is -0.0800. The van der Waals surface area contributed by atoms with Crippen LogP contribution >= 0.6 is 0 Å². The molecule has 0 saturated heterocycles. The summed E-state index contributed by atoms with van der Waals surface area (Å²) in [6.07, 6.45) is 0.126. The molecule has 0 aliphatic rings. The van der Waals surface area contributed by atoms with Gasteiger partial charge in [0.2, 0.25) is 0 Å². The van der Waals surface area contributed by atoms with Gasteiger partial charge in [0.25, 0.3) is 0 Å². The first-order chi connectivity index (χ1) is 2.81. The lowest BCUT2D eigenvalue weighted by Gasteiger charge is -1.97. The zero-order valence-corrected chi connectivity index (χ0v) is 3.89. The molecular formula is C4H10O2. The van der Waals surface area contributed by atoms with Crippen molar-refractivity contribution >= 4 is 0 Å². The summed E-state index contributed by atoms with van der Waals surface area (Å²) in [5.41, 5.74) is 0. The molecule has 0 amide bonds. The number of aliphatic hydroxyl groups excluding tert-OH is 2. The zero-order valence-electron chi connectivity index (χ0n) is 3.89. The van der Waals surface area contributed by atoms with Gasteiger partial charge in [-0.05, 0) is 6.42 Å². The van der Waals surface area contributed by atoms with E-state index >= 15 is 0 Å². The maximum Gasteiger partial charge on any atom is 0.0768 e. The third-order valence-electron chi connectivity index (χ3n) is 0.682. The summed E-state index contributed by atoms with van der Waals surface area (Å²) in [6.45, 7) is 1.71. The molecule has 0 aromatic rings. The standard InChI is InChI=1S/C4H10O2/c1-2-4(6)3-5/h4-6H,2-3H2,1H3/t4-/m0/s1. The van der Waals surface area contributed by atoms with E-state index in [1.807, 2.05) is 6.92 Å². The highest BCUT2D eigenvalue weighted by Crippen LogP contribution is 1.83. The van der Waals surface area contributed by atoms with Crippen LogP contribution in [0.25, 0.3) is 0 Å². The lowest BCUT2D eigenvalue weighted by atomic mass is 10.3. The molecule has 0 radical (unpaired) electrons. The Kier molecular flexibility index (Phi) is 3.08. The van der Waals surface area contributed by atoms with Crippen molar-refractivity contribution in [2.75, 3.05) is 6.61 Å². The lowest BCUT2D eigenvalue weighted by molar-refractivity contribution is 0.0923. The highest BCUT2D eigenvalue weighted by Gasteiger charge is 1.92. The fourth-order valence-electron chi connectivity index (χ4n) is 0.129. The molecule has 1 atom stereocenters. The summed E-state index contributed by atoms with van der Waals surface area (Å²) in [6, 6.07) is 0. The SMILES string of the molecule is CC[C@H](O)CO. The molecule has 6 heavy (non-hydrogen) atoms. The molecule has 2 N–H and O–H groups in total. The van der Waals surface area contributed by atoms with E-state index in [4.69, 9.17) is 10.2 Å². The van der Waals surface area contributed by atoms with Crippen molar-refractivity contribution in [3.63, 3.8) is 0 Å². The first-order valence-electron chi connectivity index (χ1n) is 2.10. The van der Waals surface area contributed by atoms with Crippen molar-refractivity contribution in [3.8, 4) is 0 Å². The summed E-state index contributed by atoms with van der Waals surface area (Å²) < 4.78 is 0. The van der Waals surface area contributed by atoms with Crippen molar-refractivity contribution in [1.29, 1.82) is 0 Å². The molecule has 0 spiro atoms. The topological polar surface area (TPSA) is 40.5 Å². The molecule has 0 heterocycles.